The highest BCUT2D eigenvalue weighted by molar-refractivity contribution is 6.37. The first-order valence-corrected chi connectivity index (χ1v) is 7.07. The van der Waals surface area contributed by atoms with E-state index in [0.717, 1.165) is 5.69 Å². The highest BCUT2D eigenvalue weighted by Gasteiger charge is 2.24. The van der Waals surface area contributed by atoms with Crippen LogP contribution in [0.1, 0.15) is 24.5 Å². The van der Waals surface area contributed by atoms with Crippen LogP contribution in [0, 0.1) is 10.1 Å². The molecule has 0 spiro atoms. The van der Waals surface area contributed by atoms with Gasteiger partial charge in [-0.15, -0.1) is 0 Å². The molecule has 0 bridgehead atoms. The fourth-order valence-electron chi connectivity index (χ4n) is 1.94. The van der Waals surface area contributed by atoms with E-state index in [0.29, 0.717) is 11.7 Å². The number of nitrogens with zero attached hydrogens (tertiary/aromatic N) is 2. The van der Waals surface area contributed by atoms with Crippen molar-refractivity contribution in [1.82, 2.24) is 4.98 Å². The van der Waals surface area contributed by atoms with Crippen molar-refractivity contribution in [2.75, 3.05) is 0 Å². The molecule has 5 nitrogen and oxygen atoms in total. The van der Waals surface area contributed by atoms with E-state index in [1.54, 1.807) is 12.3 Å². The first-order chi connectivity index (χ1) is 10.0. The van der Waals surface area contributed by atoms with Crippen molar-refractivity contribution in [3.63, 3.8) is 0 Å². The number of non-ortho nitro benzene ring substituents is 1. The Kier molecular flexibility index (Phi) is 3.69. The average molecular weight is 325 g/mol. The van der Waals surface area contributed by atoms with Gasteiger partial charge in [0.1, 0.15) is 5.75 Å². The molecule has 1 fully saturated rings. The van der Waals surface area contributed by atoms with E-state index < -0.39 is 4.92 Å². The van der Waals surface area contributed by atoms with Gasteiger partial charge in [0.15, 0.2) is 5.75 Å². The molecule has 0 atom stereocenters. The minimum Gasteiger partial charge on any atom is -0.453 e. The summed E-state index contributed by atoms with van der Waals surface area (Å²) in [6.07, 6.45) is 3.95. The third-order valence-corrected chi connectivity index (χ3v) is 3.73. The normalized spacial score (nSPS) is 14.0. The number of rotatable bonds is 4. The Bertz CT molecular complexity index is 677. The Morgan fingerprint density at radius 3 is 2.38 bits per heavy atom. The van der Waals surface area contributed by atoms with E-state index in [2.05, 4.69) is 4.98 Å². The van der Waals surface area contributed by atoms with Gasteiger partial charge in [-0.25, -0.2) is 0 Å². The molecule has 1 aliphatic carbocycles. The maximum Gasteiger partial charge on any atom is 0.272 e. The molecule has 1 saturated carbocycles. The molecular weight excluding hydrogens is 315 g/mol. The van der Waals surface area contributed by atoms with Gasteiger partial charge in [0.2, 0.25) is 0 Å². The van der Waals surface area contributed by atoms with Gasteiger partial charge in [0.05, 0.1) is 21.2 Å². The molecule has 0 aliphatic heterocycles. The Labute approximate surface area is 130 Å². The highest BCUT2D eigenvalue weighted by atomic mass is 35.5. The lowest BCUT2D eigenvalue weighted by Crippen LogP contribution is -1.93. The van der Waals surface area contributed by atoms with Crippen LogP contribution in [0.25, 0.3) is 0 Å². The van der Waals surface area contributed by atoms with Crippen LogP contribution < -0.4 is 4.74 Å². The Morgan fingerprint density at radius 1 is 1.24 bits per heavy atom. The number of hydrogen-bond acceptors (Lipinski definition) is 4. The number of pyridine rings is 1. The van der Waals surface area contributed by atoms with E-state index in [-0.39, 0.29) is 21.5 Å². The van der Waals surface area contributed by atoms with Crippen molar-refractivity contribution in [2.45, 2.75) is 18.8 Å². The molecule has 21 heavy (non-hydrogen) atoms. The van der Waals surface area contributed by atoms with Gasteiger partial charge in [-0.2, -0.15) is 0 Å². The molecule has 0 unspecified atom stereocenters. The quantitative estimate of drug-likeness (QED) is 0.588. The summed E-state index contributed by atoms with van der Waals surface area (Å²) in [5, 5.41) is 10.9. The van der Waals surface area contributed by atoms with Crippen molar-refractivity contribution < 1.29 is 9.66 Å². The lowest BCUT2D eigenvalue weighted by atomic mass is 10.2. The second kappa shape index (κ2) is 5.50. The van der Waals surface area contributed by atoms with Crippen molar-refractivity contribution in [2.24, 2.45) is 0 Å². The number of hydrogen-bond donors (Lipinski definition) is 0. The van der Waals surface area contributed by atoms with Crippen LogP contribution in [-0.4, -0.2) is 9.91 Å². The third-order valence-electron chi connectivity index (χ3n) is 3.17. The lowest BCUT2D eigenvalue weighted by molar-refractivity contribution is -0.384. The van der Waals surface area contributed by atoms with Crippen LogP contribution in [-0.2, 0) is 0 Å². The summed E-state index contributed by atoms with van der Waals surface area (Å²) in [5.74, 6) is 1.23. The van der Waals surface area contributed by atoms with Crippen molar-refractivity contribution in [1.29, 1.82) is 0 Å². The van der Waals surface area contributed by atoms with Gasteiger partial charge in [-0.05, 0) is 25.0 Å². The van der Waals surface area contributed by atoms with E-state index in [1.807, 2.05) is 6.07 Å². The molecule has 2 aromatic rings. The second-order valence-electron chi connectivity index (χ2n) is 4.79. The maximum absolute atomic E-state index is 10.7. The Hall–Kier alpha value is -1.85. The van der Waals surface area contributed by atoms with Gasteiger partial charge in [0.25, 0.3) is 5.69 Å². The zero-order valence-corrected chi connectivity index (χ0v) is 12.3. The number of nitro benzene ring substituents is 1. The molecular formula is C14H10Cl2N2O3. The van der Waals surface area contributed by atoms with Crippen LogP contribution in [0.15, 0.2) is 30.5 Å². The summed E-state index contributed by atoms with van der Waals surface area (Å²) in [5.41, 5.74) is 0.864. The number of benzene rings is 1. The van der Waals surface area contributed by atoms with Crippen LogP contribution >= 0.6 is 23.2 Å². The first kappa shape index (κ1) is 14.1. The van der Waals surface area contributed by atoms with E-state index in [4.69, 9.17) is 27.9 Å². The summed E-state index contributed by atoms with van der Waals surface area (Å²) in [6.45, 7) is 0. The second-order valence-corrected chi connectivity index (χ2v) is 5.61. The minimum absolute atomic E-state index is 0.0838. The van der Waals surface area contributed by atoms with E-state index in [9.17, 15) is 10.1 Å². The van der Waals surface area contributed by atoms with Crippen molar-refractivity contribution >= 4 is 28.9 Å². The summed E-state index contributed by atoms with van der Waals surface area (Å²) >= 11 is 12.0. The Balaban J connectivity index is 1.85. The summed E-state index contributed by atoms with van der Waals surface area (Å²) in [4.78, 5) is 14.5. The minimum atomic E-state index is -0.562. The molecule has 1 aromatic carbocycles. The number of ether oxygens (including phenoxy) is 1. The average Bonchev–Trinajstić information content (AvgIpc) is 3.28. The van der Waals surface area contributed by atoms with Crippen LogP contribution in [0.5, 0.6) is 11.5 Å². The zero-order chi connectivity index (χ0) is 15.0. The summed E-state index contributed by atoms with van der Waals surface area (Å²) in [7, 11) is 0. The van der Waals surface area contributed by atoms with Gasteiger partial charge >= 0.3 is 0 Å². The van der Waals surface area contributed by atoms with Crippen LogP contribution in [0.2, 0.25) is 10.0 Å². The molecule has 0 amide bonds. The highest BCUT2D eigenvalue weighted by Crippen LogP contribution is 2.41. The number of aromatic nitrogens is 1. The monoisotopic (exact) mass is 324 g/mol. The predicted molar refractivity (Wildman–Crippen MR) is 79.4 cm³/mol. The fourth-order valence-corrected chi connectivity index (χ4v) is 2.49. The van der Waals surface area contributed by atoms with Crippen molar-refractivity contribution in [3.8, 4) is 11.5 Å². The molecule has 7 heteroatoms. The Morgan fingerprint density at radius 2 is 1.90 bits per heavy atom. The van der Waals surface area contributed by atoms with Crippen molar-refractivity contribution in [3.05, 3.63) is 56.3 Å². The molecule has 108 valence electrons. The van der Waals surface area contributed by atoms with E-state index in [1.165, 1.54) is 25.0 Å². The molecule has 1 heterocycles. The summed E-state index contributed by atoms with van der Waals surface area (Å²) < 4.78 is 5.58. The molecule has 1 aliphatic rings. The maximum atomic E-state index is 10.7. The van der Waals surface area contributed by atoms with Crippen LogP contribution in [0.4, 0.5) is 5.69 Å². The SMILES string of the molecule is O=[N+]([O-])c1cc(Cl)c(Oc2ccc(C3CC3)nc2)c(Cl)c1. The largest absolute Gasteiger partial charge is 0.453 e. The van der Waals surface area contributed by atoms with Gasteiger partial charge < -0.3 is 4.74 Å². The van der Waals surface area contributed by atoms with Gasteiger partial charge in [-0.3, -0.25) is 15.1 Å². The first-order valence-electron chi connectivity index (χ1n) is 6.32. The van der Waals surface area contributed by atoms with E-state index >= 15 is 0 Å². The molecule has 1 aromatic heterocycles. The smallest absolute Gasteiger partial charge is 0.272 e. The lowest BCUT2D eigenvalue weighted by Gasteiger charge is -2.09. The third kappa shape index (κ3) is 3.09. The topological polar surface area (TPSA) is 65.3 Å². The molecule has 3 rings (SSSR count). The number of halogens is 2. The molecule has 0 saturated heterocycles. The zero-order valence-electron chi connectivity index (χ0n) is 10.8. The molecule has 0 N–H and O–H groups in total. The number of nitro groups is 1. The fraction of sp³-hybridized carbons (Fsp3) is 0.214. The standard InChI is InChI=1S/C14H10Cl2N2O3/c15-11-5-9(18(19)20)6-12(16)14(11)21-10-3-4-13(17-7-10)8-1-2-8/h3-8H,1-2H2. The predicted octanol–water partition coefficient (Wildman–Crippen LogP) is 4.97. The van der Waals surface area contributed by atoms with Gasteiger partial charge in [-0.1, -0.05) is 23.2 Å². The van der Waals surface area contributed by atoms with Crippen LogP contribution in [0.3, 0.4) is 0 Å². The van der Waals surface area contributed by atoms with Gasteiger partial charge in [0, 0.05) is 23.7 Å². The molecule has 0 radical (unpaired) electrons. The summed E-state index contributed by atoms with van der Waals surface area (Å²) in [6, 6.07) is 6.10.